The van der Waals surface area contributed by atoms with Crippen molar-refractivity contribution in [1.82, 2.24) is 14.9 Å². The van der Waals surface area contributed by atoms with Gasteiger partial charge < -0.3 is 9.73 Å². The zero-order valence-electron chi connectivity index (χ0n) is 16.3. The highest BCUT2D eigenvalue weighted by atomic mass is 32.2. The smallest absolute Gasteiger partial charge is 0.287 e. The van der Waals surface area contributed by atoms with Crippen LogP contribution >= 0.6 is 0 Å². The van der Waals surface area contributed by atoms with Crippen LogP contribution < -0.4 is 10.0 Å². The van der Waals surface area contributed by atoms with Gasteiger partial charge in [0.15, 0.2) is 5.76 Å². The third-order valence-electron chi connectivity index (χ3n) is 5.17. The zero-order valence-corrected chi connectivity index (χ0v) is 17.1. The second-order valence-corrected chi connectivity index (χ2v) is 9.05. The summed E-state index contributed by atoms with van der Waals surface area (Å²) in [4.78, 5) is 14.8. The van der Waals surface area contributed by atoms with E-state index in [4.69, 9.17) is 4.42 Å². The minimum Gasteiger partial charge on any atom is -0.438 e. The predicted molar refractivity (Wildman–Crippen MR) is 106 cm³/mol. The number of carbonyl (C=O) groups excluding carboxylic acids is 1. The molecule has 2 N–H and O–H groups in total. The van der Waals surface area contributed by atoms with E-state index in [0.717, 1.165) is 31.1 Å². The topological polar surface area (TPSA) is 91.6 Å². The standard InChI is InChI=1S/C20H27N3O4S/c1-15-9-11-23(12-10-15)14-17-6-4-3-5-16(17)13-22-20(24)18-7-8-19(27-18)28(25,26)21-2/h3-8,15,21H,9-14H2,1-2H3,(H,22,24). The summed E-state index contributed by atoms with van der Waals surface area (Å²) in [5.41, 5.74) is 2.24. The lowest BCUT2D eigenvalue weighted by Gasteiger charge is -2.30. The highest BCUT2D eigenvalue weighted by Crippen LogP contribution is 2.20. The Morgan fingerprint density at radius 2 is 1.82 bits per heavy atom. The molecule has 0 unspecified atom stereocenters. The van der Waals surface area contributed by atoms with Gasteiger partial charge in [0.2, 0.25) is 5.09 Å². The molecule has 3 rings (SSSR count). The molecule has 0 bridgehead atoms. The highest BCUT2D eigenvalue weighted by molar-refractivity contribution is 7.89. The number of amides is 1. The molecule has 0 saturated carbocycles. The van der Waals surface area contributed by atoms with Crippen LogP contribution in [0.3, 0.4) is 0 Å². The Morgan fingerprint density at radius 1 is 1.14 bits per heavy atom. The second kappa shape index (κ2) is 8.89. The maximum Gasteiger partial charge on any atom is 0.287 e. The third kappa shape index (κ3) is 5.01. The molecule has 7 nitrogen and oxygen atoms in total. The SMILES string of the molecule is CNS(=O)(=O)c1ccc(C(=O)NCc2ccccc2CN2CCC(C)CC2)o1. The quantitative estimate of drug-likeness (QED) is 0.738. The van der Waals surface area contributed by atoms with E-state index in [1.54, 1.807) is 0 Å². The van der Waals surface area contributed by atoms with Crippen molar-refractivity contribution in [2.24, 2.45) is 5.92 Å². The average molecular weight is 406 g/mol. The Morgan fingerprint density at radius 3 is 2.50 bits per heavy atom. The molecule has 1 amide bonds. The summed E-state index contributed by atoms with van der Waals surface area (Å²) in [6.45, 7) is 5.70. The molecular weight excluding hydrogens is 378 g/mol. The van der Waals surface area contributed by atoms with Gasteiger partial charge in [0.1, 0.15) is 0 Å². The number of rotatable bonds is 7. The normalized spacial score (nSPS) is 16.2. The highest BCUT2D eigenvalue weighted by Gasteiger charge is 2.20. The fourth-order valence-electron chi connectivity index (χ4n) is 3.30. The van der Waals surface area contributed by atoms with E-state index < -0.39 is 15.9 Å². The van der Waals surface area contributed by atoms with Gasteiger partial charge in [-0.2, -0.15) is 0 Å². The van der Waals surface area contributed by atoms with Crippen molar-refractivity contribution >= 4 is 15.9 Å². The molecule has 2 heterocycles. The van der Waals surface area contributed by atoms with E-state index in [9.17, 15) is 13.2 Å². The Bertz CT molecular complexity index is 915. The molecule has 1 aromatic heterocycles. The zero-order chi connectivity index (χ0) is 20.1. The number of nitrogens with one attached hydrogen (secondary N) is 2. The van der Waals surface area contributed by atoms with E-state index in [2.05, 4.69) is 27.9 Å². The van der Waals surface area contributed by atoms with E-state index in [-0.39, 0.29) is 10.9 Å². The number of benzene rings is 1. The molecule has 1 aliphatic rings. The number of piperidine rings is 1. The van der Waals surface area contributed by atoms with Gasteiger partial charge in [-0.25, -0.2) is 13.1 Å². The molecule has 0 aliphatic carbocycles. The van der Waals surface area contributed by atoms with Gasteiger partial charge in [-0.1, -0.05) is 31.2 Å². The van der Waals surface area contributed by atoms with Crippen molar-refractivity contribution in [2.75, 3.05) is 20.1 Å². The van der Waals surface area contributed by atoms with Crippen molar-refractivity contribution in [3.05, 3.63) is 53.3 Å². The second-order valence-electron chi connectivity index (χ2n) is 7.24. The van der Waals surface area contributed by atoms with Crippen LogP contribution in [0.1, 0.15) is 41.4 Å². The molecule has 1 saturated heterocycles. The van der Waals surface area contributed by atoms with Crippen LogP contribution in [0.25, 0.3) is 0 Å². The number of hydrogen-bond donors (Lipinski definition) is 2. The van der Waals surface area contributed by atoms with Gasteiger partial charge in [-0.3, -0.25) is 9.69 Å². The fourth-order valence-corrected chi connectivity index (χ4v) is 3.94. The molecular formula is C20H27N3O4S. The summed E-state index contributed by atoms with van der Waals surface area (Å²) in [5.74, 6) is 0.311. The van der Waals surface area contributed by atoms with E-state index in [0.29, 0.717) is 6.54 Å². The molecule has 1 fully saturated rings. The Labute approximate surface area is 166 Å². The Kier molecular flexibility index (Phi) is 6.53. The monoisotopic (exact) mass is 405 g/mol. The maximum absolute atomic E-state index is 12.4. The molecule has 8 heteroatoms. The molecule has 28 heavy (non-hydrogen) atoms. The maximum atomic E-state index is 12.4. The first-order valence-electron chi connectivity index (χ1n) is 9.50. The first-order chi connectivity index (χ1) is 13.4. The molecule has 1 aromatic carbocycles. The van der Waals surface area contributed by atoms with E-state index in [1.807, 2.05) is 18.2 Å². The summed E-state index contributed by atoms with van der Waals surface area (Å²) in [7, 11) is -2.42. The molecule has 1 aliphatic heterocycles. The van der Waals surface area contributed by atoms with Crippen LogP contribution in [0.5, 0.6) is 0 Å². The molecule has 152 valence electrons. The lowest BCUT2D eigenvalue weighted by molar-refractivity contribution is 0.0917. The summed E-state index contributed by atoms with van der Waals surface area (Å²) >= 11 is 0. The molecule has 0 spiro atoms. The number of hydrogen-bond acceptors (Lipinski definition) is 5. The minimum absolute atomic E-state index is 0.0312. The summed E-state index contributed by atoms with van der Waals surface area (Å²) in [5, 5.41) is 2.54. The van der Waals surface area contributed by atoms with Crippen molar-refractivity contribution in [3.8, 4) is 0 Å². The van der Waals surface area contributed by atoms with Crippen LogP contribution in [0.4, 0.5) is 0 Å². The summed E-state index contributed by atoms with van der Waals surface area (Å²) in [6.07, 6.45) is 2.44. The van der Waals surface area contributed by atoms with Gasteiger partial charge >= 0.3 is 0 Å². The van der Waals surface area contributed by atoms with Crippen LogP contribution in [0.15, 0.2) is 45.9 Å². The lowest BCUT2D eigenvalue weighted by Crippen LogP contribution is -2.33. The van der Waals surface area contributed by atoms with Crippen molar-refractivity contribution in [3.63, 3.8) is 0 Å². The van der Waals surface area contributed by atoms with Crippen molar-refractivity contribution in [2.45, 2.75) is 37.9 Å². The van der Waals surface area contributed by atoms with Crippen molar-refractivity contribution < 1.29 is 17.6 Å². The number of furan rings is 1. The lowest BCUT2D eigenvalue weighted by atomic mass is 9.98. The first kappa shape index (κ1) is 20.6. The van der Waals surface area contributed by atoms with Crippen molar-refractivity contribution in [1.29, 1.82) is 0 Å². The number of likely N-dealkylation sites (tertiary alicyclic amines) is 1. The van der Waals surface area contributed by atoms with Crippen LogP contribution in [0.2, 0.25) is 0 Å². The van der Waals surface area contributed by atoms with Gasteiger partial charge in [0.05, 0.1) is 0 Å². The van der Waals surface area contributed by atoms with Gasteiger partial charge in [-0.15, -0.1) is 0 Å². The van der Waals surface area contributed by atoms with Crippen LogP contribution in [0, 0.1) is 5.92 Å². The fraction of sp³-hybridized carbons (Fsp3) is 0.450. The van der Waals surface area contributed by atoms with E-state index in [1.165, 1.54) is 37.6 Å². The summed E-state index contributed by atoms with van der Waals surface area (Å²) in [6, 6.07) is 10.7. The van der Waals surface area contributed by atoms with E-state index >= 15 is 0 Å². The first-order valence-corrected chi connectivity index (χ1v) is 11.0. The number of nitrogens with zero attached hydrogens (tertiary/aromatic N) is 1. The third-order valence-corrected chi connectivity index (χ3v) is 6.45. The Hall–Kier alpha value is -2.16. The molecule has 2 aromatic rings. The average Bonchev–Trinajstić information content (AvgIpc) is 3.20. The largest absolute Gasteiger partial charge is 0.438 e. The van der Waals surface area contributed by atoms with Gasteiger partial charge in [0.25, 0.3) is 15.9 Å². The van der Waals surface area contributed by atoms with Gasteiger partial charge in [0, 0.05) is 13.1 Å². The molecule has 0 atom stereocenters. The Balaban J connectivity index is 1.62. The summed E-state index contributed by atoms with van der Waals surface area (Å²) < 4.78 is 30.8. The number of carbonyl (C=O) groups is 1. The number of sulfonamides is 1. The molecule has 0 radical (unpaired) electrons. The minimum atomic E-state index is -3.71. The van der Waals surface area contributed by atoms with Crippen LogP contribution in [-0.2, 0) is 23.1 Å². The van der Waals surface area contributed by atoms with Gasteiger partial charge in [-0.05, 0) is 62.2 Å². The van der Waals surface area contributed by atoms with Crippen LogP contribution in [-0.4, -0.2) is 39.4 Å². The predicted octanol–water partition coefficient (Wildman–Crippen LogP) is 2.35.